The van der Waals surface area contributed by atoms with Gasteiger partial charge in [-0.15, -0.1) is 0 Å². The van der Waals surface area contributed by atoms with Gasteiger partial charge in [0.05, 0.1) is 12.7 Å². The molecule has 4 atom stereocenters. The number of amides is 1. The Balaban J connectivity index is 2.08. The molecular formula is C13H24N2O. The number of nitrogens with one attached hydrogen (secondary N) is 1. The summed E-state index contributed by atoms with van der Waals surface area (Å²) in [7, 11) is 0. The van der Waals surface area contributed by atoms with Gasteiger partial charge in [-0.3, -0.25) is 10.1 Å². The highest BCUT2D eigenvalue weighted by atomic mass is 16.2. The topological polar surface area (TPSA) is 32.3 Å². The van der Waals surface area contributed by atoms with E-state index >= 15 is 0 Å². The van der Waals surface area contributed by atoms with E-state index in [9.17, 15) is 4.79 Å². The maximum absolute atomic E-state index is 12.0. The van der Waals surface area contributed by atoms with E-state index in [1.165, 1.54) is 12.8 Å². The number of carbonyl (C=O) groups excluding carboxylic acids is 1. The lowest BCUT2D eigenvalue weighted by Crippen LogP contribution is -2.46. The van der Waals surface area contributed by atoms with Crippen LogP contribution in [0.15, 0.2) is 0 Å². The Labute approximate surface area is 98.6 Å². The second kappa shape index (κ2) is 4.74. The molecule has 2 aliphatic rings. The van der Waals surface area contributed by atoms with Crippen molar-refractivity contribution in [2.75, 3.05) is 6.54 Å². The zero-order chi connectivity index (χ0) is 11.7. The Morgan fingerprint density at radius 1 is 1.38 bits per heavy atom. The number of hydrogen-bond acceptors (Lipinski definition) is 2. The van der Waals surface area contributed by atoms with Crippen molar-refractivity contribution in [3.63, 3.8) is 0 Å². The number of rotatable bonds is 3. The van der Waals surface area contributed by atoms with Crippen molar-refractivity contribution < 1.29 is 4.79 Å². The van der Waals surface area contributed by atoms with Gasteiger partial charge in [0, 0.05) is 6.04 Å². The lowest BCUT2D eigenvalue weighted by molar-refractivity contribution is -0.131. The summed E-state index contributed by atoms with van der Waals surface area (Å²) in [5.74, 6) is 1.73. The molecule has 0 aromatic heterocycles. The van der Waals surface area contributed by atoms with E-state index in [-0.39, 0.29) is 0 Å². The Bertz CT molecular complexity index is 267. The van der Waals surface area contributed by atoms with E-state index in [0.29, 0.717) is 30.6 Å². The maximum atomic E-state index is 12.0. The van der Waals surface area contributed by atoms with Crippen LogP contribution in [0.2, 0.25) is 0 Å². The van der Waals surface area contributed by atoms with E-state index in [2.05, 4.69) is 31.0 Å². The van der Waals surface area contributed by atoms with E-state index in [0.717, 1.165) is 18.8 Å². The Hall–Kier alpha value is -0.570. The lowest BCUT2D eigenvalue weighted by atomic mass is 9.96. The monoisotopic (exact) mass is 224 g/mol. The first kappa shape index (κ1) is 11.9. The molecule has 1 saturated heterocycles. The van der Waals surface area contributed by atoms with Crippen LogP contribution in [0.5, 0.6) is 0 Å². The van der Waals surface area contributed by atoms with E-state index in [1.54, 1.807) is 0 Å². The third-order valence-corrected chi connectivity index (χ3v) is 4.45. The molecule has 0 aromatic carbocycles. The Morgan fingerprint density at radius 3 is 2.69 bits per heavy atom. The highest BCUT2D eigenvalue weighted by molar-refractivity contribution is 5.81. The molecule has 0 aromatic rings. The number of hydrogen-bond donors (Lipinski definition) is 1. The quantitative estimate of drug-likeness (QED) is 0.795. The fourth-order valence-electron chi connectivity index (χ4n) is 3.23. The third-order valence-electron chi connectivity index (χ3n) is 4.45. The van der Waals surface area contributed by atoms with Crippen molar-refractivity contribution in [3.05, 3.63) is 0 Å². The largest absolute Gasteiger partial charge is 0.323 e. The van der Waals surface area contributed by atoms with Gasteiger partial charge < -0.3 is 4.90 Å². The summed E-state index contributed by atoms with van der Waals surface area (Å²) >= 11 is 0. The minimum absolute atomic E-state index is 0.301. The van der Waals surface area contributed by atoms with Gasteiger partial charge in [-0.25, -0.2) is 0 Å². The molecule has 0 bridgehead atoms. The first-order chi connectivity index (χ1) is 7.65. The molecular weight excluding hydrogens is 200 g/mol. The molecule has 1 N–H and O–H groups in total. The average Bonchev–Trinajstić information content (AvgIpc) is 2.75. The molecule has 3 heteroatoms. The van der Waals surface area contributed by atoms with Gasteiger partial charge in [-0.2, -0.15) is 0 Å². The number of nitrogens with zero attached hydrogens (tertiary/aromatic N) is 1. The van der Waals surface area contributed by atoms with E-state index < -0.39 is 0 Å². The van der Waals surface area contributed by atoms with Crippen LogP contribution < -0.4 is 5.32 Å². The average molecular weight is 224 g/mol. The van der Waals surface area contributed by atoms with Crippen molar-refractivity contribution in [3.8, 4) is 0 Å². The SMILES string of the molecule is CCCC1NCC(=O)N1C1CCC(C)C1C. The molecule has 1 saturated carbocycles. The van der Waals surface area contributed by atoms with Crippen LogP contribution >= 0.6 is 0 Å². The summed E-state index contributed by atoms with van der Waals surface area (Å²) in [6.45, 7) is 7.34. The molecule has 1 amide bonds. The summed E-state index contributed by atoms with van der Waals surface area (Å²) in [6.07, 6.45) is 4.99. The maximum Gasteiger partial charge on any atom is 0.238 e. The van der Waals surface area contributed by atoms with Gasteiger partial charge in [-0.05, 0) is 31.1 Å². The van der Waals surface area contributed by atoms with Gasteiger partial charge in [0.2, 0.25) is 5.91 Å². The first-order valence-corrected chi connectivity index (χ1v) is 6.69. The molecule has 3 nitrogen and oxygen atoms in total. The molecule has 0 spiro atoms. The predicted octanol–water partition coefficient (Wildman–Crippen LogP) is 1.98. The fraction of sp³-hybridized carbons (Fsp3) is 0.923. The second-order valence-electron chi connectivity index (χ2n) is 5.47. The van der Waals surface area contributed by atoms with Gasteiger partial charge in [0.25, 0.3) is 0 Å². The number of carbonyl (C=O) groups is 1. The van der Waals surface area contributed by atoms with Gasteiger partial charge in [0.15, 0.2) is 0 Å². The molecule has 16 heavy (non-hydrogen) atoms. The van der Waals surface area contributed by atoms with Crippen molar-refractivity contribution in [1.29, 1.82) is 0 Å². The van der Waals surface area contributed by atoms with Gasteiger partial charge in [-0.1, -0.05) is 27.2 Å². The smallest absolute Gasteiger partial charge is 0.238 e. The molecule has 1 aliphatic heterocycles. The minimum atomic E-state index is 0.301. The summed E-state index contributed by atoms with van der Waals surface area (Å²) in [6, 6.07) is 0.481. The van der Waals surface area contributed by atoms with E-state index in [4.69, 9.17) is 0 Å². The molecule has 0 radical (unpaired) electrons. The summed E-state index contributed by atoms with van der Waals surface area (Å²) in [4.78, 5) is 14.1. The van der Waals surface area contributed by atoms with Crippen LogP contribution in [-0.4, -0.2) is 29.6 Å². The fourth-order valence-corrected chi connectivity index (χ4v) is 3.23. The van der Waals surface area contributed by atoms with E-state index in [1.807, 2.05) is 0 Å². The molecule has 1 aliphatic carbocycles. The van der Waals surface area contributed by atoms with Gasteiger partial charge >= 0.3 is 0 Å². The predicted molar refractivity (Wildman–Crippen MR) is 64.9 cm³/mol. The summed E-state index contributed by atoms with van der Waals surface area (Å²) in [5.41, 5.74) is 0. The van der Waals surface area contributed by atoms with Crippen LogP contribution in [0, 0.1) is 11.8 Å². The third kappa shape index (κ3) is 1.97. The summed E-state index contributed by atoms with van der Waals surface area (Å²) in [5, 5.41) is 3.35. The molecule has 4 unspecified atom stereocenters. The molecule has 2 fully saturated rings. The molecule has 2 rings (SSSR count). The van der Waals surface area contributed by atoms with Crippen LogP contribution in [-0.2, 0) is 4.79 Å². The molecule has 1 heterocycles. The summed E-state index contributed by atoms with van der Waals surface area (Å²) < 4.78 is 0. The second-order valence-corrected chi connectivity index (χ2v) is 5.47. The van der Waals surface area contributed by atoms with Crippen molar-refractivity contribution in [2.24, 2.45) is 11.8 Å². The van der Waals surface area contributed by atoms with Crippen LogP contribution in [0.3, 0.4) is 0 Å². The van der Waals surface area contributed by atoms with Crippen LogP contribution in [0.4, 0.5) is 0 Å². The highest BCUT2D eigenvalue weighted by Gasteiger charge is 2.41. The first-order valence-electron chi connectivity index (χ1n) is 6.69. The highest BCUT2D eigenvalue weighted by Crippen LogP contribution is 2.36. The van der Waals surface area contributed by atoms with Crippen LogP contribution in [0.1, 0.15) is 46.5 Å². The Morgan fingerprint density at radius 2 is 2.12 bits per heavy atom. The molecule has 92 valence electrons. The lowest BCUT2D eigenvalue weighted by Gasteiger charge is -2.33. The van der Waals surface area contributed by atoms with Gasteiger partial charge in [0.1, 0.15) is 0 Å². The standard InChI is InChI=1S/C13H24N2O/c1-4-5-12-14-8-13(16)15(12)11-7-6-9(2)10(11)3/h9-12,14H,4-8H2,1-3H3. The Kier molecular flexibility index (Phi) is 3.53. The zero-order valence-electron chi connectivity index (χ0n) is 10.7. The van der Waals surface area contributed by atoms with Crippen molar-refractivity contribution in [1.82, 2.24) is 10.2 Å². The van der Waals surface area contributed by atoms with Crippen molar-refractivity contribution in [2.45, 2.75) is 58.7 Å². The normalized spacial score (nSPS) is 39.7. The van der Waals surface area contributed by atoms with Crippen LogP contribution in [0.25, 0.3) is 0 Å². The zero-order valence-corrected chi connectivity index (χ0v) is 10.7. The minimum Gasteiger partial charge on any atom is -0.323 e. The van der Waals surface area contributed by atoms with Crippen molar-refractivity contribution >= 4 is 5.91 Å².